The van der Waals surface area contributed by atoms with Gasteiger partial charge in [0.25, 0.3) is 0 Å². The average Bonchev–Trinajstić information content (AvgIpc) is 2.91. The van der Waals surface area contributed by atoms with Crippen LogP contribution in [-0.2, 0) is 17.1 Å². The van der Waals surface area contributed by atoms with Crippen LogP contribution in [-0.4, -0.2) is 54.6 Å². The number of phenolic OH excluding ortho intramolecular Hbond substituents is 2. The van der Waals surface area contributed by atoms with Crippen LogP contribution in [0.15, 0.2) is 118 Å². The summed E-state index contributed by atoms with van der Waals surface area (Å²) in [4.78, 5) is 8.03. The van der Waals surface area contributed by atoms with Gasteiger partial charge >= 0.3 is 0 Å². The zero-order chi connectivity index (χ0) is 25.6. The molecule has 4 rings (SSSR count). The molecule has 0 saturated carbocycles. The zero-order valence-electron chi connectivity index (χ0n) is 19.2. The number of phenols is 2. The summed E-state index contributed by atoms with van der Waals surface area (Å²) in [6, 6.07) is 23.4. The maximum atomic E-state index is 9.64. The van der Waals surface area contributed by atoms with Gasteiger partial charge in [0.1, 0.15) is 11.5 Å². The van der Waals surface area contributed by atoms with Crippen LogP contribution in [0.4, 0.5) is 0 Å². The average molecular weight is 546 g/mol. The van der Waals surface area contributed by atoms with Crippen molar-refractivity contribution < 1.29 is 37.5 Å². The molecule has 0 aliphatic carbocycles. The second kappa shape index (κ2) is 15.2. The minimum Gasteiger partial charge on any atom is -0.507 e. The zero-order valence-corrected chi connectivity index (χ0v) is 20.1. The third-order valence-corrected chi connectivity index (χ3v) is 4.35. The molecule has 0 atom stereocenters. The van der Waals surface area contributed by atoms with Crippen LogP contribution < -0.4 is 0 Å². The summed E-state index contributed by atoms with van der Waals surface area (Å²) in [5, 5.41) is 52.8. The summed E-state index contributed by atoms with van der Waals surface area (Å²) in [7, 11) is 0. The minimum absolute atomic E-state index is 0. The Morgan fingerprint density at radius 1 is 0.568 bits per heavy atom. The van der Waals surface area contributed by atoms with E-state index in [2.05, 4.69) is 30.4 Å². The topological polar surface area (TPSA) is 156 Å². The van der Waals surface area contributed by atoms with Crippen molar-refractivity contribution in [1.29, 1.82) is 0 Å². The van der Waals surface area contributed by atoms with Crippen LogP contribution in [0, 0.1) is 0 Å². The normalized spacial score (nSPS) is 11.6. The van der Waals surface area contributed by atoms with Crippen molar-refractivity contribution in [2.75, 3.05) is 0 Å². The predicted molar refractivity (Wildman–Crippen MR) is 138 cm³/mol. The number of aromatic nitrogens is 2. The van der Waals surface area contributed by atoms with Crippen molar-refractivity contribution in [3.63, 3.8) is 0 Å². The van der Waals surface area contributed by atoms with E-state index in [9.17, 15) is 20.4 Å². The number of aliphatic hydroxyl groups is 2. The van der Waals surface area contributed by atoms with Crippen molar-refractivity contribution in [3.05, 3.63) is 120 Å². The van der Waals surface area contributed by atoms with E-state index in [-0.39, 0.29) is 51.5 Å². The third kappa shape index (κ3) is 9.36. The molecular weight excluding hydrogens is 524 g/mol. The first-order valence-electron chi connectivity index (χ1n) is 10.5. The number of hydrogen-bond donors (Lipinski definition) is 4. The predicted octanol–water partition coefficient (Wildman–Crippen LogP) is 4.25. The largest absolute Gasteiger partial charge is 0.507 e. The molecule has 4 aromatic rings. The van der Waals surface area contributed by atoms with Crippen LogP contribution in [0.2, 0.25) is 0 Å². The van der Waals surface area contributed by atoms with Gasteiger partial charge in [0.15, 0.2) is 0 Å². The van der Waals surface area contributed by atoms with Gasteiger partial charge in [0, 0.05) is 29.5 Å². The Labute approximate surface area is 223 Å². The standard InChI is InChI=1S/2C13H11N3O2.Cu/c2*17-12-7-2-1-6-11(12)13(18)16-15-9-10-5-3-4-8-14-10;/h2*1-9,17H,(H,16,18);/b2*15-9+;. The molecule has 2 aromatic carbocycles. The molecular formula is C26H22CuN6O4. The van der Waals surface area contributed by atoms with Gasteiger partial charge in [-0.05, 0) is 48.5 Å². The Morgan fingerprint density at radius 2 is 0.946 bits per heavy atom. The molecule has 1 radical (unpaired) electrons. The number of pyridine rings is 2. The molecule has 4 N–H and O–H groups in total. The van der Waals surface area contributed by atoms with Crippen LogP contribution in [0.1, 0.15) is 22.5 Å². The Hall–Kier alpha value is -4.86. The van der Waals surface area contributed by atoms with Gasteiger partial charge in [-0.1, -0.05) is 36.4 Å². The van der Waals surface area contributed by atoms with E-state index >= 15 is 0 Å². The SMILES string of the molecule is O/C(=N/N=C/c1ccccn1)c1ccccc1O.O/C(=N\N=C\c1ccccn1)c1ccccc1O.[Cu]. The van der Waals surface area contributed by atoms with Gasteiger partial charge in [0.2, 0.25) is 11.8 Å². The van der Waals surface area contributed by atoms with E-state index in [1.165, 1.54) is 24.6 Å². The van der Waals surface area contributed by atoms with E-state index in [0.717, 1.165) is 0 Å². The number of benzene rings is 2. The molecule has 0 saturated heterocycles. The Balaban J connectivity index is 0.000000253. The molecule has 10 nitrogen and oxygen atoms in total. The Bertz CT molecular complexity index is 1270. The number of aliphatic hydroxyl groups excluding tert-OH is 2. The molecule has 0 aliphatic heterocycles. The van der Waals surface area contributed by atoms with Crippen molar-refractivity contribution in [2.24, 2.45) is 20.4 Å². The van der Waals surface area contributed by atoms with E-state index in [1.807, 2.05) is 12.1 Å². The molecule has 0 unspecified atom stereocenters. The van der Waals surface area contributed by atoms with E-state index < -0.39 is 0 Å². The quantitative estimate of drug-likeness (QED) is 0.123. The Kier molecular flexibility index (Phi) is 11.7. The second-order valence-electron chi connectivity index (χ2n) is 6.88. The molecule has 37 heavy (non-hydrogen) atoms. The smallest absolute Gasteiger partial charge is 0.242 e. The molecule has 0 amide bonds. The van der Waals surface area contributed by atoms with Gasteiger partial charge in [-0.15, -0.1) is 10.2 Å². The van der Waals surface area contributed by atoms with E-state index in [4.69, 9.17) is 0 Å². The summed E-state index contributed by atoms with van der Waals surface area (Å²) >= 11 is 0. The van der Waals surface area contributed by atoms with Crippen LogP contribution in [0.5, 0.6) is 11.5 Å². The van der Waals surface area contributed by atoms with Gasteiger partial charge < -0.3 is 20.4 Å². The first-order chi connectivity index (χ1) is 17.5. The number of hydrogen-bond acceptors (Lipinski definition) is 8. The number of nitrogens with zero attached hydrogens (tertiary/aromatic N) is 6. The fourth-order valence-corrected chi connectivity index (χ4v) is 2.62. The fraction of sp³-hybridized carbons (Fsp3) is 0. The first kappa shape index (κ1) is 28.4. The van der Waals surface area contributed by atoms with Crippen LogP contribution in [0.25, 0.3) is 0 Å². The Morgan fingerprint density at radius 3 is 1.30 bits per heavy atom. The number of rotatable bonds is 6. The maximum absolute atomic E-state index is 9.64. The monoisotopic (exact) mass is 545 g/mol. The molecule has 2 heterocycles. The van der Waals surface area contributed by atoms with Crippen LogP contribution >= 0.6 is 0 Å². The minimum atomic E-state index is -0.347. The molecule has 2 aromatic heterocycles. The van der Waals surface area contributed by atoms with E-state index in [1.54, 1.807) is 73.1 Å². The van der Waals surface area contributed by atoms with Gasteiger partial charge in [-0.2, -0.15) is 10.2 Å². The molecule has 0 fully saturated rings. The van der Waals surface area contributed by atoms with Gasteiger partial charge in [-0.3, -0.25) is 9.97 Å². The fourth-order valence-electron chi connectivity index (χ4n) is 2.62. The van der Waals surface area contributed by atoms with E-state index in [0.29, 0.717) is 11.4 Å². The molecule has 0 spiro atoms. The maximum Gasteiger partial charge on any atom is 0.242 e. The first-order valence-corrected chi connectivity index (χ1v) is 10.5. The summed E-state index contributed by atoms with van der Waals surface area (Å²) in [6.45, 7) is 0. The molecule has 11 heteroatoms. The molecule has 0 bridgehead atoms. The number of aromatic hydroxyl groups is 2. The second-order valence-corrected chi connectivity index (χ2v) is 6.88. The van der Waals surface area contributed by atoms with Gasteiger partial charge in [0.05, 0.1) is 34.9 Å². The van der Waals surface area contributed by atoms with Crippen molar-refractivity contribution in [3.8, 4) is 11.5 Å². The number of para-hydroxylation sites is 2. The molecule has 191 valence electrons. The van der Waals surface area contributed by atoms with Crippen molar-refractivity contribution in [2.45, 2.75) is 0 Å². The summed E-state index contributed by atoms with van der Waals surface area (Å²) in [5.74, 6) is -0.792. The summed E-state index contributed by atoms with van der Waals surface area (Å²) in [5.41, 5.74) is 1.73. The van der Waals surface area contributed by atoms with Crippen molar-refractivity contribution in [1.82, 2.24) is 9.97 Å². The van der Waals surface area contributed by atoms with Crippen LogP contribution in [0.3, 0.4) is 0 Å². The third-order valence-electron chi connectivity index (χ3n) is 4.35. The van der Waals surface area contributed by atoms with Crippen molar-refractivity contribution >= 4 is 24.2 Å². The summed E-state index contributed by atoms with van der Waals surface area (Å²) in [6.07, 6.45) is 6.09. The molecule has 0 aliphatic rings. The summed E-state index contributed by atoms with van der Waals surface area (Å²) < 4.78 is 0. The van der Waals surface area contributed by atoms with Gasteiger partial charge in [-0.25, -0.2) is 0 Å².